The first-order valence-corrected chi connectivity index (χ1v) is 17.9. The van der Waals surface area contributed by atoms with Crippen LogP contribution in [0.1, 0.15) is 65.7 Å². The van der Waals surface area contributed by atoms with Crippen molar-refractivity contribution in [2.24, 2.45) is 0 Å². The van der Waals surface area contributed by atoms with Crippen molar-refractivity contribution in [2.75, 3.05) is 52.8 Å². The molecule has 1 aliphatic rings. The van der Waals surface area contributed by atoms with Gasteiger partial charge in [-0.25, -0.2) is 4.79 Å². The van der Waals surface area contributed by atoms with Crippen molar-refractivity contribution >= 4 is 14.9 Å². The Morgan fingerprint density at radius 2 is 1.26 bits per heavy atom. The van der Waals surface area contributed by atoms with E-state index in [9.17, 15) is 4.79 Å². The number of carbonyl (C=O) groups is 1. The largest absolute Gasteiger partial charge is 0.500 e. The molecule has 1 fully saturated rings. The SMILES string of the molecule is CCO[Si](CCCNC(=O)OCCCCCCCCOc1ccc(-c2ccc(OCC3CO3)cc2)cc1)(OCC)OCC. The molecule has 1 heterocycles. The molecule has 1 saturated heterocycles. The maximum absolute atomic E-state index is 12.0. The third kappa shape index (κ3) is 14.1. The summed E-state index contributed by atoms with van der Waals surface area (Å²) in [6.45, 7) is 10.5. The van der Waals surface area contributed by atoms with Crippen LogP contribution in [0.5, 0.6) is 11.5 Å². The molecule has 1 N–H and O–H groups in total. The minimum atomic E-state index is -2.66. The lowest BCUT2D eigenvalue weighted by atomic mass is 10.1. The van der Waals surface area contributed by atoms with E-state index in [1.807, 2.05) is 45.0 Å². The Morgan fingerprint density at radius 3 is 1.79 bits per heavy atom. The Balaban J connectivity index is 1.15. The summed E-state index contributed by atoms with van der Waals surface area (Å²) in [5, 5.41) is 2.81. The zero-order valence-electron chi connectivity index (χ0n) is 26.3. The highest BCUT2D eigenvalue weighted by Gasteiger charge is 2.39. The highest BCUT2D eigenvalue weighted by atomic mass is 28.4. The van der Waals surface area contributed by atoms with Crippen LogP contribution in [0.3, 0.4) is 0 Å². The van der Waals surface area contributed by atoms with E-state index in [4.69, 9.17) is 32.2 Å². The fourth-order valence-corrected chi connectivity index (χ4v) is 7.27. The summed E-state index contributed by atoms with van der Waals surface area (Å²) in [6.07, 6.45) is 6.94. The van der Waals surface area contributed by atoms with Crippen molar-refractivity contribution in [3.63, 3.8) is 0 Å². The summed E-state index contributed by atoms with van der Waals surface area (Å²) in [4.78, 5) is 12.0. The van der Waals surface area contributed by atoms with E-state index in [1.54, 1.807) is 0 Å². The van der Waals surface area contributed by atoms with Crippen LogP contribution >= 0.6 is 0 Å². The third-order valence-electron chi connectivity index (χ3n) is 6.94. The highest BCUT2D eigenvalue weighted by Crippen LogP contribution is 2.25. The van der Waals surface area contributed by atoms with Gasteiger partial charge in [0.1, 0.15) is 24.2 Å². The van der Waals surface area contributed by atoms with E-state index in [1.165, 1.54) is 0 Å². The van der Waals surface area contributed by atoms with Crippen molar-refractivity contribution in [3.8, 4) is 22.6 Å². The standard InChI is InChI=1S/C33H51NO8Si/c1-4-40-43(41-5-2,42-6-3)25-13-22-34-33(35)37-24-12-10-8-7-9-11-23-36-30-18-14-28(15-19-30)29-16-20-31(21-17-29)38-26-32-27-39-32/h14-21,32H,4-13,22-27H2,1-3H3,(H,34,35). The average molecular weight is 618 g/mol. The number of benzene rings is 2. The quantitative estimate of drug-likeness (QED) is 0.0763. The zero-order valence-corrected chi connectivity index (χ0v) is 27.3. The first-order chi connectivity index (χ1) is 21.1. The van der Waals surface area contributed by atoms with E-state index < -0.39 is 8.80 Å². The second-order valence-electron chi connectivity index (χ2n) is 10.4. The number of hydrogen-bond acceptors (Lipinski definition) is 8. The van der Waals surface area contributed by atoms with Gasteiger partial charge in [0.05, 0.1) is 19.8 Å². The highest BCUT2D eigenvalue weighted by molar-refractivity contribution is 6.60. The Morgan fingerprint density at radius 1 is 0.744 bits per heavy atom. The number of carbonyl (C=O) groups excluding carboxylic acids is 1. The fraction of sp³-hybridized carbons (Fsp3) is 0.606. The predicted octanol–water partition coefficient (Wildman–Crippen LogP) is 7.02. The number of hydrogen-bond donors (Lipinski definition) is 1. The van der Waals surface area contributed by atoms with Gasteiger partial charge in [0.25, 0.3) is 0 Å². The van der Waals surface area contributed by atoms with Gasteiger partial charge in [-0.05, 0) is 75.4 Å². The van der Waals surface area contributed by atoms with E-state index in [0.717, 1.165) is 74.2 Å². The average Bonchev–Trinajstić information content (AvgIpc) is 3.85. The van der Waals surface area contributed by atoms with Crippen molar-refractivity contribution in [3.05, 3.63) is 48.5 Å². The number of amides is 1. The number of rotatable bonds is 24. The minimum Gasteiger partial charge on any atom is -0.494 e. The van der Waals surface area contributed by atoms with Gasteiger partial charge in [-0.15, -0.1) is 0 Å². The molecule has 43 heavy (non-hydrogen) atoms. The first-order valence-electron chi connectivity index (χ1n) is 16.0. The van der Waals surface area contributed by atoms with Crippen LogP contribution in [0.25, 0.3) is 11.1 Å². The summed E-state index contributed by atoms with van der Waals surface area (Å²) in [6, 6.07) is 17.0. The summed E-state index contributed by atoms with van der Waals surface area (Å²) in [5.74, 6) is 1.76. The molecule has 0 radical (unpaired) electrons. The van der Waals surface area contributed by atoms with Crippen LogP contribution in [-0.4, -0.2) is 73.8 Å². The Kier molecular flexibility index (Phi) is 16.5. The summed E-state index contributed by atoms with van der Waals surface area (Å²) in [7, 11) is -2.66. The summed E-state index contributed by atoms with van der Waals surface area (Å²) in [5.41, 5.74) is 2.30. The molecular weight excluding hydrogens is 566 g/mol. The van der Waals surface area contributed by atoms with Gasteiger partial charge < -0.3 is 37.5 Å². The molecule has 2 aromatic carbocycles. The number of unbranched alkanes of at least 4 members (excludes halogenated alkanes) is 5. The fourth-order valence-electron chi connectivity index (χ4n) is 4.65. The molecule has 0 aliphatic carbocycles. The van der Waals surface area contributed by atoms with Crippen LogP contribution in [-0.2, 0) is 22.8 Å². The molecule has 0 saturated carbocycles. The summed E-state index contributed by atoms with van der Waals surface area (Å²) >= 11 is 0. The van der Waals surface area contributed by atoms with E-state index in [2.05, 4.69) is 29.6 Å². The van der Waals surface area contributed by atoms with Crippen molar-refractivity contribution in [1.29, 1.82) is 0 Å². The van der Waals surface area contributed by atoms with Crippen LogP contribution < -0.4 is 14.8 Å². The molecule has 1 amide bonds. The normalized spacial score (nSPS) is 14.3. The molecule has 0 spiro atoms. The van der Waals surface area contributed by atoms with Crippen LogP contribution in [0.15, 0.2) is 48.5 Å². The van der Waals surface area contributed by atoms with Crippen molar-refractivity contribution < 1.29 is 37.0 Å². The first kappa shape index (κ1) is 34.9. The minimum absolute atomic E-state index is 0.262. The van der Waals surface area contributed by atoms with Gasteiger partial charge in [-0.3, -0.25) is 0 Å². The second kappa shape index (κ2) is 20.3. The van der Waals surface area contributed by atoms with Gasteiger partial charge in [0, 0.05) is 32.4 Å². The van der Waals surface area contributed by atoms with Gasteiger partial charge in [-0.2, -0.15) is 0 Å². The maximum atomic E-state index is 12.0. The number of nitrogens with one attached hydrogen (secondary N) is 1. The van der Waals surface area contributed by atoms with Crippen LogP contribution in [0.2, 0.25) is 6.04 Å². The number of epoxide rings is 1. The molecule has 9 nitrogen and oxygen atoms in total. The van der Waals surface area contributed by atoms with E-state index in [0.29, 0.717) is 52.2 Å². The molecule has 1 unspecified atom stereocenters. The van der Waals surface area contributed by atoms with Gasteiger partial charge in [0.15, 0.2) is 0 Å². The molecular formula is C33H51NO8Si. The van der Waals surface area contributed by atoms with Gasteiger partial charge in [-0.1, -0.05) is 49.9 Å². The molecule has 240 valence electrons. The smallest absolute Gasteiger partial charge is 0.494 e. The lowest BCUT2D eigenvalue weighted by Crippen LogP contribution is -2.46. The van der Waals surface area contributed by atoms with Crippen LogP contribution in [0.4, 0.5) is 4.79 Å². The van der Waals surface area contributed by atoms with Crippen molar-refractivity contribution in [1.82, 2.24) is 5.32 Å². The molecule has 3 rings (SSSR count). The van der Waals surface area contributed by atoms with E-state index >= 15 is 0 Å². The second-order valence-corrected chi connectivity index (χ2v) is 13.2. The monoisotopic (exact) mass is 617 g/mol. The third-order valence-corrected chi connectivity index (χ3v) is 10.1. The Hall–Kier alpha value is -2.63. The molecule has 1 aliphatic heterocycles. The predicted molar refractivity (Wildman–Crippen MR) is 170 cm³/mol. The molecule has 0 aromatic heterocycles. The van der Waals surface area contributed by atoms with Crippen molar-refractivity contribution in [2.45, 2.75) is 77.9 Å². The van der Waals surface area contributed by atoms with Gasteiger partial charge in [0.2, 0.25) is 0 Å². The molecule has 10 heteroatoms. The maximum Gasteiger partial charge on any atom is 0.500 e. The van der Waals surface area contributed by atoms with Crippen LogP contribution in [0, 0.1) is 0 Å². The Bertz CT molecular complexity index is 1000. The lowest BCUT2D eigenvalue weighted by Gasteiger charge is -2.28. The van der Waals surface area contributed by atoms with Gasteiger partial charge >= 0.3 is 14.9 Å². The summed E-state index contributed by atoms with van der Waals surface area (Å²) < 4.78 is 39.6. The molecule has 1 atom stereocenters. The molecule has 2 aromatic rings. The Labute approximate surface area is 258 Å². The number of ether oxygens (including phenoxy) is 4. The topological polar surface area (TPSA) is 97.0 Å². The zero-order chi connectivity index (χ0) is 30.6. The number of alkyl carbamates (subject to hydrolysis) is 1. The molecule has 0 bridgehead atoms. The van der Waals surface area contributed by atoms with E-state index in [-0.39, 0.29) is 12.2 Å². The lowest BCUT2D eigenvalue weighted by molar-refractivity contribution is 0.0706.